The van der Waals surface area contributed by atoms with Crippen LogP contribution < -0.4 is 0 Å². The maximum absolute atomic E-state index is 5.02. The Morgan fingerprint density at radius 3 is 2.27 bits per heavy atom. The lowest BCUT2D eigenvalue weighted by atomic mass is 10.2. The fraction of sp³-hybridized carbons (Fsp3) is 0.778. The second-order valence-corrected chi connectivity index (χ2v) is 2.36. The summed E-state index contributed by atoms with van der Waals surface area (Å²) in [6, 6.07) is 0. The van der Waals surface area contributed by atoms with Gasteiger partial charge in [0.1, 0.15) is 0 Å². The van der Waals surface area contributed by atoms with Crippen LogP contribution in [0.4, 0.5) is 0 Å². The van der Waals surface area contributed by atoms with E-state index >= 15 is 0 Å². The molecule has 0 aliphatic rings. The van der Waals surface area contributed by atoms with Crippen molar-refractivity contribution in [1.29, 1.82) is 0 Å². The summed E-state index contributed by atoms with van der Waals surface area (Å²) in [5.74, 6) is 0. The Balaban J connectivity index is 3.27. The molecule has 0 unspecified atom stereocenters. The van der Waals surface area contributed by atoms with Gasteiger partial charge in [0.15, 0.2) is 6.29 Å². The molecule has 0 aliphatic heterocycles. The molecule has 2 heteroatoms. The molecular formula is C9H18O2. The molecule has 0 bridgehead atoms. The van der Waals surface area contributed by atoms with Crippen LogP contribution in [-0.4, -0.2) is 20.5 Å². The Bertz CT molecular complexity index is 95.7. The van der Waals surface area contributed by atoms with Gasteiger partial charge in [0.25, 0.3) is 0 Å². The van der Waals surface area contributed by atoms with E-state index in [2.05, 4.69) is 19.1 Å². The van der Waals surface area contributed by atoms with Gasteiger partial charge in [-0.05, 0) is 12.8 Å². The van der Waals surface area contributed by atoms with Gasteiger partial charge >= 0.3 is 0 Å². The van der Waals surface area contributed by atoms with Crippen LogP contribution in [-0.2, 0) is 9.47 Å². The van der Waals surface area contributed by atoms with E-state index in [1.807, 2.05) is 0 Å². The molecule has 0 N–H and O–H groups in total. The summed E-state index contributed by atoms with van der Waals surface area (Å²) in [6.45, 7) is 2.13. The number of hydrogen-bond donors (Lipinski definition) is 0. The highest BCUT2D eigenvalue weighted by atomic mass is 16.7. The SMILES string of the molecule is CC/C=C/CCC(OC)OC. The third-order valence-electron chi connectivity index (χ3n) is 1.50. The zero-order valence-corrected chi connectivity index (χ0v) is 7.67. The Morgan fingerprint density at radius 2 is 1.82 bits per heavy atom. The van der Waals surface area contributed by atoms with Crippen LogP contribution in [0.15, 0.2) is 12.2 Å². The van der Waals surface area contributed by atoms with Crippen LogP contribution in [0, 0.1) is 0 Å². The van der Waals surface area contributed by atoms with Crippen molar-refractivity contribution in [2.45, 2.75) is 32.5 Å². The molecule has 0 heterocycles. The number of methoxy groups -OCH3 is 2. The Labute approximate surface area is 69.2 Å². The zero-order valence-electron chi connectivity index (χ0n) is 7.67. The lowest BCUT2D eigenvalue weighted by molar-refractivity contribution is -0.105. The maximum atomic E-state index is 5.02. The van der Waals surface area contributed by atoms with Crippen LogP contribution in [0.5, 0.6) is 0 Å². The lowest BCUT2D eigenvalue weighted by Crippen LogP contribution is -2.11. The van der Waals surface area contributed by atoms with Crippen molar-refractivity contribution in [3.8, 4) is 0 Å². The highest BCUT2D eigenvalue weighted by molar-refractivity contribution is 4.80. The molecule has 66 valence electrons. The quantitative estimate of drug-likeness (QED) is 0.436. The predicted molar refractivity (Wildman–Crippen MR) is 46.5 cm³/mol. The van der Waals surface area contributed by atoms with Gasteiger partial charge in [-0.3, -0.25) is 0 Å². The van der Waals surface area contributed by atoms with Crippen LogP contribution >= 0.6 is 0 Å². The molecule has 0 aliphatic carbocycles. The minimum atomic E-state index is -0.0449. The molecule has 0 radical (unpaired) electrons. The van der Waals surface area contributed by atoms with Gasteiger partial charge < -0.3 is 9.47 Å². The number of allylic oxidation sites excluding steroid dienone is 2. The van der Waals surface area contributed by atoms with Crippen molar-refractivity contribution >= 4 is 0 Å². The standard InChI is InChI=1S/C9H18O2/c1-4-5-6-7-8-9(10-2)11-3/h5-6,9H,4,7-8H2,1-3H3/b6-5+. The maximum Gasteiger partial charge on any atom is 0.157 e. The first-order valence-electron chi connectivity index (χ1n) is 4.05. The third kappa shape index (κ3) is 6.07. The van der Waals surface area contributed by atoms with Crippen LogP contribution in [0.3, 0.4) is 0 Å². The summed E-state index contributed by atoms with van der Waals surface area (Å²) < 4.78 is 10.0. The number of ether oxygens (including phenoxy) is 2. The fourth-order valence-corrected chi connectivity index (χ4v) is 0.849. The first-order valence-corrected chi connectivity index (χ1v) is 4.05. The molecule has 11 heavy (non-hydrogen) atoms. The molecule has 0 aromatic rings. The minimum absolute atomic E-state index is 0.0449. The van der Waals surface area contributed by atoms with Crippen molar-refractivity contribution < 1.29 is 9.47 Å². The molecule has 0 amide bonds. The summed E-state index contributed by atoms with van der Waals surface area (Å²) in [5.41, 5.74) is 0. The second kappa shape index (κ2) is 7.76. The summed E-state index contributed by atoms with van der Waals surface area (Å²) in [4.78, 5) is 0. The summed E-state index contributed by atoms with van der Waals surface area (Å²) in [6.07, 6.45) is 7.33. The van der Waals surface area contributed by atoms with Gasteiger partial charge in [-0.1, -0.05) is 19.1 Å². The van der Waals surface area contributed by atoms with Gasteiger partial charge in [0.05, 0.1) is 0 Å². The van der Waals surface area contributed by atoms with Crippen molar-refractivity contribution in [3.63, 3.8) is 0 Å². The van der Waals surface area contributed by atoms with Crippen molar-refractivity contribution in [3.05, 3.63) is 12.2 Å². The average Bonchev–Trinajstić information content (AvgIpc) is 2.05. The number of hydrogen-bond acceptors (Lipinski definition) is 2. The fourth-order valence-electron chi connectivity index (χ4n) is 0.849. The van der Waals surface area contributed by atoms with E-state index in [1.54, 1.807) is 14.2 Å². The molecule has 0 atom stereocenters. The molecule has 0 aromatic heterocycles. The Morgan fingerprint density at radius 1 is 1.18 bits per heavy atom. The highest BCUT2D eigenvalue weighted by Crippen LogP contribution is 2.02. The van der Waals surface area contributed by atoms with Crippen molar-refractivity contribution in [1.82, 2.24) is 0 Å². The second-order valence-electron chi connectivity index (χ2n) is 2.36. The van der Waals surface area contributed by atoms with E-state index in [1.165, 1.54) is 0 Å². The van der Waals surface area contributed by atoms with E-state index in [0.717, 1.165) is 19.3 Å². The zero-order chi connectivity index (χ0) is 8.53. The molecule has 0 fully saturated rings. The monoisotopic (exact) mass is 158 g/mol. The largest absolute Gasteiger partial charge is 0.356 e. The topological polar surface area (TPSA) is 18.5 Å². The summed E-state index contributed by atoms with van der Waals surface area (Å²) >= 11 is 0. The minimum Gasteiger partial charge on any atom is -0.356 e. The lowest BCUT2D eigenvalue weighted by Gasteiger charge is -2.10. The van der Waals surface area contributed by atoms with Crippen LogP contribution in [0.25, 0.3) is 0 Å². The van der Waals surface area contributed by atoms with Crippen LogP contribution in [0.1, 0.15) is 26.2 Å². The molecule has 0 saturated carbocycles. The number of rotatable bonds is 6. The molecular weight excluding hydrogens is 140 g/mol. The Kier molecular flexibility index (Phi) is 7.52. The summed E-state index contributed by atoms with van der Waals surface area (Å²) in [5, 5.41) is 0. The van der Waals surface area contributed by atoms with Gasteiger partial charge in [0, 0.05) is 20.6 Å². The molecule has 0 saturated heterocycles. The first-order chi connectivity index (χ1) is 5.35. The predicted octanol–water partition coefficient (Wildman–Crippen LogP) is 2.35. The molecule has 0 spiro atoms. The molecule has 0 rings (SSSR count). The van der Waals surface area contributed by atoms with E-state index in [9.17, 15) is 0 Å². The van der Waals surface area contributed by atoms with Gasteiger partial charge in [-0.2, -0.15) is 0 Å². The van der Waals surface area contributed by atoms with Crippen LogP contribution in [0.2, 0.25) is 0 Å². The highest BCUT2D eigenvalue weighted by Gasteiger charge is 2.01. The van der Waals surface area contributed by atoms with Gasteiger partial charge in [-0.25, -0.2) is 0 Å². The third-order valence-corrected chi connectivity index (χ3v) is 1.50. The van der Waals surface area contributed by atoms with Crippen molar-refractivity contribution in [2.24, 2.45) is 0 Å². The smallest absolute Gasteiger partial charge is 0.157 e. The average molecular weight is 158 g/mol. The van der Waals surface area contributed by atoms with E-state index < -0.39 is 0 Å². The Hall–Kier alpha value is -0.340. The van der Waals surface area contributed by atoms with Gasteiger partial charge in [0.2, 0.25) is 0 Å². The van der Waals surface area contributed by atoms with E-state index in [-0.39, 0.29) is 6.29 Å². The normalized spacial score (nSPS) is 11.6. The summed E-state index contributed by atoms with van der Waals surface area (Å²) in [7, 11) is 3.33. The van der Waals surface area contributed by atoms with E-state index in [4.69, 9.17) is 9.47 Å². The first kappa shape index (κ1) is 10.7. The van der Waals surface area contributed by atoms with Gasteiger partial charge in [-0.15, -0.1) is 0 Å². The molecule has 0 aromatic carbocycles. The van der Waals surface area contributed by atoms with E-state index in [0.29, 0.717) is 0 Å². The molecule has 2 nitrogen and oxygen atoms in total. The van der Waals surface area contributed by atoms with Crippen molar-refractivity contribution in [2.75, 3.05) is 14.2 Å².